The van der Waals surface area contributed by atoms with Gasteiger partial charge in [-0.25, -0.2) is 0 Å². The largest absolute Gasteiger partial charge is 0.475 e. The molecule has 0 atom stereocenters. The van der Waals surface area contributed by atoms with Crippen molar-refractivity contribution in [2.24, 2.45) is 0 Å². The molecule has 1 aromatic rings. The molecule has 4 nitrogen and oxygen atoms in total. The molecule has 100 valence electrons. The summed E-state index contributed by atoms with van der Waals surface area (Å²) in [7, 11) is 0. The van der Waals surface area contributed by atoms with Gasteiger partial charge in [0.15, 0.2) is 5.60 Å². The number of hydrogen-bond acceptors (Lipinski definition) is 3. The molecule has 4 heteroatoms. The number of amides is 1. The average molecular weight is 258 g/mol. The number of carbonyl (C=O) groups is 1. The van der Waals surface area contributed by atoms with Crippen molar-refractivity contribution in [3.63, 3.8) is 0 Å². The fourth-order valence-corrected chi connectivity index (χ4v) is 2.45. The van der Waals surface area contributed by atoms with E-state index in [4.69, 9.17) is 16.9 Å². The van der Waals surface area contributed by atoms with E-state index >= 15 is 0 Å². The molecule has 1 heterocycles. The number of fused-ring (bicyclic) bond motifs is 1. The van der Waals surface area contributed by atoms with E-state index in [0.29, 0.717) is 30.0 Å². The number of hydrogen-bond donors (Lipinski definition) is 1. The third-order valence-corrected chi connectivity index (χ3v) is 3.63. The van der Waals surface area contributed by atoms with Gasteiger partial charge in [0.2, 0.25) is 0 Å². The summed E-state index contributed by atoms with van der Waals surface area (Å²) in [6.07, 6.45) is 6.56. The highest BCUT2D eigenvalue weighted by Crippen LogP contribution is 2.43. The van der Waals surface area contributed by atoms with Crippen molar-refractivity contribution in [3.05, 3.63) is 18.2 Å². The standard InChI is InChI=1S/C15H18N2O2/c1-4-10-17-13-11(16)8-7-9-12(13)19-15(5-2,6-3)14(17)18/h1,7-9H,5-6,10,16H2,2-3H3. The van der Waals surface area contributed by atoms with Gasteiger partial charge in [0.1, 0.15) is 11.4 Å². The first-order chi connectivity index (χ1) is 9.09. The Kier molecular flexibility index (Phi) is 3.39. The van der Waals surface area contributed by atoms with Gasteiger partial charge in [-0.1, -0.05) is 25.8 Å². The molecular weight excluding hydrogens is 240 g/mol. The van der Waals surface area contributed by atoms with E-state index in [0.717, 1.165) is 0 Å². The molecule has 0 radical (unpaired) electrons. The molecule has 0 aromatic heterocycles. The predicted octanol–water partition coefficient (Wildman–Crippen LogP) is 2.19. The second kappa shape index (κ2) is 4.85. The molecule has 0 aliphatic carbocycles. The molecule has 2 N–H and O–H groups in total. The van der Waals surface area contributed by atoms with Crippen LogP contribution in [0.15, 0.2) is 18.2 Å². The fourth-order valence-electron chi connectivity index (χ4n) is 2.45. The summed E-state index contributed by atoms with van der Waals surface area (Å²) in [5, 5.41) is 0. The van der Waals surface area contributed by atoms with E-state index in [1.54, 1.807) is 11.0 Å². The number of nitrogen functional groups attached to an aromatic ring is 1. The number of benzene rings is 1. The molecule has 0 saturated carbocycles. The van der Waals surface area contributed by atoms with Gasteiger partial charge in [0, 0.05) is 0 Å². The Labute approximate surface area is 113 Å². The molecule has 0 spiro atoms. The Balaban J connectivity index is 2.60. The zero-order chi connectivity index (χ0) is 14.0. The van der Waals surface area contributed by atoms with Crippen LogP contribution in [0, 0.1) is 12.3 Å². The van der Waals surface area contributed by atoms with Gasteiger partial charge in [-0.15, -0.1) is 6.42 Å². The minimum Gasteiger partial charge on any atom is -0.475 e. The number of anilines is 2. The Hall–Kier alpha value is -2.15. The topological polar surface area (TPSA) is 55.6 Å². The Morgan fingerprint density at radius 3 is 2.68 bits per heavy atom. The van der Waals surface area contributed by atoms with E-state index in [-0.39, 0.29) is 12.5 Å². The van der Waals surface area contributed by atoms with Gasteiger partial charge in [-0.05, 0) is 25.0 Å². The highest BCUT2D eigenvalue weighted by molar-refractivity contribution is 6.05. The lowest BCUT2D eigenvalue weighted by Gasteiger charge is -2.41. The van der Waals surface area contributed by atoms with Crippen molar-refractivity contribution in [1.82, 2.24) is 0 Å². The summed E-state index contributed by atoms with van der Waals surface area (Å²) in [6, 6.07) is 5.37. The van der Waals surface area contributed by atoms with Crippen LogP contribution in [0.25, 0.3) is 0 Å². The van der Waals surface area contributed by atoms with E-state index in [1.165, 1.54) is 0 Å². The molecule has 0 fully saturated rings. The molecule has 2 rings (SSSR count). The van der Waals surface area contributed by atoms with Gasteiger partial charge >= 0.3 is 0 Å². The Bertz CT molecular complexity index is 542. The van der Waals surface area contributed by atoms with Crippen molar-refractivity contribution in [2.75, 3.05) is 17.2 Å². The normalized spacial score (nSPS) is 16.5. The van der Waals surface area contributed by atoms with E-state index in [1.807, 2.05) is 26.0 Å². The highest BCUT2D eigenvalue weighted by atomic mass is 16.5. The lowest BCUT2D eigenvalue weighted by molar-refractivity contribution is -0.136. The second-order valence-electron chi connectivity index (χ2n) is 4.59. The molecule has 0 saturated heterocycles. The van der Waals surface area contributed by atoms with Crippen LogP contribution >= 0.6 is 0 Å². The molecule has 1 amide bonds. The maximum atomic E-state index is 12.7. The zero-order valence-corrected chi connectivity index (χ0v) is 11.3. The van der Waals surface area contributed by atoms with Crippen molar-refractivity contribution in [2.45, 2.75) is 32.3 Å². The third kappa shape index (κ3) is 1.91. The Morgan fingerprint density at radius 1 is 1.42 bits per heavy atom. The lowest BCUT2D eigenvalue weighted by Crippen LogP contribution is -2.55. The fraction of sp³-hybridized carbons (Fsp3) is 0.400. The average Bonchev–Trinajstić information content (AvgIpc) is 2.42. The Morgan fingerprint density at radius 2 is 2.11 bits per heavy atom. The van der Waals surface area contributed by atoms with E-state index in [2.05, 4.69) is 5.92 Å². The number of para-hydroxylation sites is 1. The van der Waals surface area contributed by atoms with Crippen LogP contribution in [0.4, 0.5) is 11.4 Å². The molecule has 19 heavy (non-hydrogen) atoms. The first-order valence-electron chi connectivity index (χ1n) is 6.42. The monoisotopic (exact) mass is 258 g/mol. The van der Waals surface area contributed by atoms with Crippen LogP contribution in [0.2, 0.25) is 0 Å². The number of nitrogens with zero attached hydrogens (tertiary/aromatic N) is 1. The first kappa shape index (κ1) is 13.3. The molecule has 1 aliphatic rings. The predicted molar refractivity (Wildman–Crippen MR) is 76.0 cm³/mol. The van der Waals surface area contributed by atoms with Gasteiger partial charge in [0.25, 0.3) is 5.91 Å². The minimum absolute atomic E-state index is 0.110. The third-order valence-electron chi connectivity index (χ3n) is 3.63. The van der Waals surface area contributed by atoms with E-state index in [9.17, 15) is 4.79 Å². The minimum atomic E-state index is -0.836. The van der Waals surface area contributed by atoms with Gasteiger partial charge in [-0.3, -0.25) is 9.69 Å². The summed E-state index contributed by atoms with van der Waals surface area (Å²) in [5.74, 6) is 3.03. The summed E-state index contributed by atoms with van der Waals surface area (Å²) >= 11 is 0. The maximum Gasteiger partial charge on any atom is 0.272 e. The highest BCUT2D eigenvalue weighted by Gasteiger charge is 2.46. The number of terminal acetylenes is 1. The lowest BCUT2D eigenvalue weighted by atomic mass is 9.92. The second-order valence-corrected chi connectivity index (χ2v) is 4.59. The van der Waals surface area contributed by atoms with Crippen LogP contribution in [0.5, 0.6) is 5.75 Å². The SMILES string of the molecule is C#CCN1C(=O)C(CC)(CC)Oc2cccc(N)c21. The number of nitrogens with two attached hydrogens (primary N) is 1. The molecular formula is C15H18N2O2. The van der Waals surface area contributed by atoms with Crippen molar-refractivity contribution < 1.29 is 9.53 Å². The zero-order valence-electron chi connectivity index (χ0n) is 11.3. The summed E-state index contributed by atoms with van der Waals surface area (Å²) < 4.78 is 5.95. The maximum absolute atomic E-state index is 12.7. The van der Waals surface area contributed by atoms with Crippen molar-refractivity contribution >= 4 is 17.3 Å². The summed E-state index contributed by atoms with van der Waals surface area (Å²) in [6.45, 7) is 4.07. The first-order valence-corrected chi connectivity index (χ1v) is 6.42. The quantitative estimate of drug-likeness (QED) is 0.668. The smallest absolute Gasteiger partial charge is 0.272 e. The number of rotatable bonds is 3. The van der Waals surface area contributed by atoms with Crippen molar-refractivity contribution in [1.29, 1.82) is 0 Å². The van der Waals surface area contributed by atoms with Gasteiger partial charge in [-0.2, -0.15) is 0 Å². The van der Waals surface area contributed by atoms with E-state index < -0.39 is 5.60 Å². The van der Waals surface area contributed by atoms with Crippen LogP contribution in [0.3, 0.4) is 0 Å². The van der Waals surface area contributed by atoms with Crippen LogP contribution in [-0.4, -0.2) is 18.1 Å². The van der Waals surface area contributed by atoms with Gasteiger partial charge in [0.05, 0.1) is 12.2 Å². The van der Waals surface area contributed by atoms with Crippen molar-refractivity contribution in [3.8, 4) is 18.1 Å². The molecule has 1 aliphatic heterocycles. The molecule has 0 bridgehead atoms. The van der Waals surface area contributed by atoms with Crippen LogP contribution < -0.4 is 15.4 Å². The number of ether oxygens (including phenoxy) is 1. The summed E-state index contributed by atoms with van der Waals surface area (Å²) in [4.78, 5) is 14.2. The number of carbonyl (C=O) groups excluding carboxylic acids is 1. The molecule has 0 unspecified atom stereocenters. The van der Waals surface area contributed by atoms with Crippen LogP contribution in [0.1, 0.15) is 26.7 Å². The summed E-state index contributed by atoms with van der Waals surface area (Å²) in [5.41, 5.74) is 6.21. The van der Waals surface area contributed by atoms with Crippen LogP contribution in [-0.2, 0) is 4.79 Å². The van der Waals surface area contributed by atoms with Gasteiger partial charge < -0.3 is 10.5 Å². The molecule has 1 aromatic carbocycles.